The second-order valence-corrected chi connectivity index (χ2v) is 4.89. The maximum atomic E-state index is 11.5. The molecule has 0 amide bonds. The molecule has 0 fully saturated rings. The van der Waals surface area contributed by atoms with Gasteiger partial charge in [0.05, 0.1) is 11.5 Å². The number of nitrogens with zero attached hydrogens (tertiary/aromatic N) is 2. The van der Waals surface area contributed by atoms with Crippen LogP contribution in [0.4, 0.5) is 5.69 Å². The predicted molar refractivity (Wildman–Crippen MR) is 84.6 cm³/mol. The molecule has 0 radical (unpaired) electrons. The Bertz CT molecular complexity index is 701. The average Bonchev–Trinajstić information content (AvgIpc) is 2.55. The van der Waals surface area contributed by atoms with E-state index in [4.69, 9.17) is 10.5 Å². The molecule has 7 heteroatoms. The maximum Gasteiger partial charge on any atom is 0.323 e. The number of benzene rings is 1. The van der Waals surface area contributed by atoms with Crippen molar-refractivity contribution < 1.29 is 14.5 Å². The van der Waals surface area contributed by atoms with E-state index < -0.39 is 16.9 Å². The number of pyridine rings is 1. The molecule has 0 saturated heterocycles. The van der Waals surface area contributed by atoms with E-state index in [9.17, 15) is 14.9 Å². The molecule has 0 bridgehead atoms. The molecule has 0 spiro atoms. The minimum absolute atomic E-state index is 0.0523. The Morgan fingerprint density at radius 2 is 2.04 bits per heavy atom. The highest BCUT2D eigenvalue weighted by Gasteiger charge is 2.17. The number of esters is 1. The Balaban J connectivity index is 2.17. The Labute approximate surface area is 133 Å². The highest BCUT2D eigenvalue weighted by atomic mass is 16.6. The van der Waals surface area contributed by atoms with Gasteiger partial charge in [-0.3, -0.25) is 14.9 Å². The van der Waals surface area contributed by atoms with Gasteiger partial charge >= 0.3 is 5.97 Å². The van der Waals surface area contributed by atoms with Crippen molar-refractivity contribution in [3.63, 3.8) is 0 Å². The molecule has 0 aliphatic carbocycles. The summed E-state index contributed by atoms with van der Waals surface area (Å²) in [6, 6.07) is 9.19. The van der Waals surface area contributed by atoms with Gasteiger partial charge in [-0.1, -0.05) is 24.3 Å². The fraction of sp³-hybridized carbons (Fsp3) is 0.250. The molecule has 0 aliphatic heterocycles. The van der Waals surface area contributed by atoms with Crippen molar-refractivity contribution in [2.75, 3.05) is 6.61 Å². The number of aromatic nitrogens is 1. The fourth-order valence-corrected chi connectivity index (χ4v) is 2.15. The Hall–Kier alpha value is -2.80. The third-order valence-electron chi connectivity index (χ3n) is 3.26. The monoisotopic (exact) mass is 315 g/mol. The predicted octanol–water partition coefficient (Wildman–Crippen LogP) is 2.09. The van der Waals surface area contributed by atoms with E-state index >= 15 is 0 Å². The molecule has 0 saturated carbocycles. The molecule has 2 N–H and O–H groups in total. The summed E-state index contributed by atoms with van der Waals surface area (Å²) in [5, 5.41) is 11.0. The van der Waals surface area contributed by atoms with Gasteiger partial charge in [0.2, 0.25) is 0 Å². The average molecular weight is 315 g/mol. The lowest BCUT2D eigenvalue weighted by molar-refractivity contribution is -0.384. The molecular formula is C16H17N3O4. The topological polar surface area (TPSA) is 108 Å². The fourth-order valence-electron chi connectivity index (χ4n) is 2.15. The van der Waals surface area contributed by atoms with E-state index in [1.165, 1.54) is 18.3 Å². The lowest BCUT2D eigenvalue weighted by atomic mass is 10.0. The molecule has 1 unspecified atom stereocenters. The highest BCUT2D eigenvalue weighted by molar-refractivity contribution is 5.76. The van der Waals surface area contributed by atoms with Gasteiger partial charge in [-0.15, -0.1) is 0 Å². The molecule has 2 aromatic rings. The molecular weight excluding hydrogens is 298 g/mol. The van der Waals surface area contributed by atoms with Crippen LogP contribution < -0.4 is 5.73 Å². The Morgan fingerprint density at radius 1 is 1.35 bits per heavy atom. The Morgan fingerprint density at radius 3 is 2.65 bits per heavy atom. The molecule has 1 atom stereocenters. The third-order valence-corrected chi connectivity index (χ3v) is 3.26. The number of hydrogen-bond donors (Lipinski definition) is 1. The van der Waals surface area contributed by atoms with Gasteiger partial charge in [0, 0.05) is 17.8 Å². The SMILES string of the molecule is CCOC(=O)C(N)Cc1ccc(-c2ncccc2[N+](=O)[O-])cc1. The number of nitrogens with two attached hydrogens (primary N) is 1. The maximum absolute atomic E-state index is 11.5. The molecule has 0 aliphatic rings. The molecule has 1 heterocycles. The molecule has 2 rings (SSSR count). The van der Waals surface area contributed by atoms with E-state index in [1.54, 1.807) is 31.2 Å². The van der Waals surface area contributed by atoms with Gasteiger partial charge in [-0.25, -0.2) is 4.98 Å². The summed E-state index contributed by atoms with van der Waals surface area (Å²) in [6.07, 6.45) is 1.84. The van der Waals surface area contributed by atoms with Crippen LogP contribution in [0.1, 0.15) is 12.5 Å². The summed E-state index contributed by atoms with van der Waals surface area (Å²) in [5.74, 6) is -0.447. The number of rotatable bonds is 6. The van der Waals surface area contributed by atoms with Crippen molar-refractivity contribution >= 4 is 11.7 Å². The second kappa shape index (κ2) is 7.46. The highest BCUT2D eigenvalue weighted by Crippen LogP contribution is 2.27. The van der Waals surface area contributed by atoms with E-state index in [0.717, 1.165) is 5.56 Å². The smallest absolute Gasteiger partial charge is 0.323 e. The molecule has 120 valence electrons. The molecule has 23 heavy (non-hydrogen) atoms. The van der Waals surface area contributed by atoms with E-state index in [1.807, 2.05) is 0 Å². The summed E-state index contributed by atoms with van der Waals surface area (Å²) >= 11 is 0. The summed E-state index contributed by atoms with van der Waals surface area (Å²) < 4.78 is 4.86. The first-order valence-corrected chi connectivity index (χ1v) is 7.14. The number of carbonyl (C=O) groups is 1. The summed E-state index contributed by atoms with van der Waals surface area (Å²) in [7, 11) is 0. The molecule has 1 aromatic heterocycles. The first-order chi connectivity index (χ1) is 11.0. The zero-order valence-electron chi connectivity index (χ0n) is 12.6. The summed E-state index contributed by atoms with van der Waals surface area (Å²) in [5.41, 5.74) is 7.50. The first-order valence-electron chi connectivity index (χ1n) is 7.14. The van der Waals surface area contributed by atoms with Crippen LogP contribution in [0.15, 0.2) is 42.6 Å². The van der Waals surface area contributed by atoms with Crippen LogP contribution >= 0.6 is 0 Å². The summed E-state index contributed by atoms with van der Waals surface area (Å²) in [4.78, 5) is 26.2. The van der Waals surface area contributed by atoms with Crippen LogP contribution in [0.5, 0.6) is 0 Å². The number of carbonyl (C=O) groups excluding carboxylic acids is 1. The minimum Gasteiger partial charge on any atom is -0.465 e. The van der Waals surface area contributed by atoms with Crippen LogP contribution in [0.25, 0.3) is 11.3 Å². The minimum atomic E-state index is -0.731. The van der Waals surface area contributed by atoms with Crippen LogP contribution in [-0.2, 0) is 16.0 Å². The number of ether oxygens (including phenoxy) is 1. The van der Waals surface area contributed by atoms with Gasteiger partial charge in [0.15, 0.2) is 0 Å². The van der Waals surface area contributed by atoms with Gasteiger partial charge < -0.3 is 10.5 Å². The standard InChI is InChI=1S/C16H17N3O4/c1-2-23-16(20)13(17)10-11-5-7-12(8-6-11)15-14(19(21)22)4-3-9-18-15/h3-9,13H,2,10,17H2,1H3. The number of hydrogen-bond acceptors (Lipinski definition) is 6. The van der Waals surface area contributed by atoms with Crippen molar-refractivity contribution in [2.45, 2.75) is 19.4 Å². The number of nitro groups is 1. The van der Waals surface area contributed by atoms with Gasteiger partial charge in [0.25, 0.3) is 5.69 Å². The first kappa shape index (κ1) is 16.6. The molecule has 7 nitrogen and oxygen atoms in total. The lowest BCUT2D eigenvalue weighted by Crippen LogP contribution is -2.34. The Kier molecular flexibility index (Phi) is 5.37. The van der Waals surface area contributed by atoms with Gasteiger partial charge in [-0.05, 0) is 25.0 Å². The van der Waals surface area contributed by atoms with Gasteiger partial charge in [0.1, 0.15) is 11.7 Å². The van der Waals surface area contributed by atoms with Crippen molar-refractivity contribution in [1.29, 1.82) is 0 Å². The van der Waals surface area contributed by atoms with Crippen LogP contribution in [-0.4, -0.2) is 28.5 Å². The van der Waals surface area contributed by atoms with Crippen molar-refractivity contribution in [3.05, 3.63) is 58.3 Å². The zero-order valence-corrected chi connectivity index (χ0v) is 12.6. The van der Waals surface area contributed by atoms with Crippen LogP contribution in [0.3, 0.4) is 0 Å². The van der Waals surface area contributed by atoms with Crippen LogP contribution in [0.2, 0.25) is 0 Å². The third kappa shape index (κ3) is 4.10. The van der Waals surface area contributed by atoms with Crippen molar-refractivity contribution in [3.8, 4) is 11.3 Å². The molecule has 1 aromatic carbocycles. The van der Waals surface area contributed by atoms with E-state index in [-0.39, 0.29) is 12.3 Å². The van der Waals surface area contributed by atoms with Gasteiger partial charge in [-0.2, -0.15) is 0 Å². The van der Waals surface area contributed by atoms with E-state index in [0.29, 0.717) is 17.7 Å². The van der Waals surface area contributed by atoms with Crippen molar-refractivity contribution in [2.24, 2.45) is 5.73 Å². The zero-order chi connectivity index (χ0) is 16.8. The second-order valence-electron chi connectivity index (χ2n) is 4.89. The van der Waals surface area contributed by atoms with Crippen molar-refractivity contribution in [1.82, 2.24) is 4.98 Å². The quantitative estimate of drug-likeness (QED) is 0.496. The van der Waals surface area contributed by atoms with Crippen LogP contribution in [0, 0.1) is 10.1 Å². The summed E-state index contributed by atoms with van der Waals surface area (Å²) in [6.45, 7) is 2.01. The lowest BCUT2D eigenvalue weighted by Gasteiger charge is -2.11. The largest absolute Gasteiger partial charge is 0.465 e. The normalized spacial score (nSPS) is 11.7. The van der Waals surface area contributed by atoms with E-state index in [2.05, 4.69) is 4.98 Å².